The largest absolute Gasteiger partial charge is 0.297 e. The lowest BCUT2D eigenvalue weighted by atomic mass is 10.2. The summed E-state index contributed by atoms with van der Waals surface area (Å²) in [5.41, 5.74) is 1.10. The fourth-order valence-corrected chi connectivity index (χ4v) is 3.14. The van der Waals surface area contributed by atoms with Crippen LogP contribution in [0.5, 0.6) is 0 Å². The minimum absolute atomic E-state index is 0.362. The summed E-state index contributed by atoms with van der Waals surface area (Å²) in [5.74, 6) is 3.24. The molecule has 2 rings (SSSR count). The van der Waals surface area contributed by atoms with Crippen LogP contribution in [0.2, 0.25) is 0 Å². The number of nitrogens with zero attached hydrogens (tertiary/aromatic N) is 2. The van der Waals surface area contributed by atoms with Crippen LogP contribution >= 0.6 is 24.0 Å². The summed E-state index contributed by atoms with van der Waals surface area (Å²) in [4.78, 5) is 0. The van der Waals surface area contributed by atoms with Crippen LogP contribution in [0, 0.1) is 4.77 Å². The highest BCUT2D eigenvalue weighted by Gasteiger charge is 2.13. The van der Waals surface area contributed by atoms with E-state index in [0.29, 0.717) is 10.8 Å². The van der Waals surface area contributed by atoms with Gasteiger partial charge in [-0.1, -0.05) is 37.3 Å². The van der Waals surface area contributed by atoms with Crippen molar-refractivity contribution in [3.63, 3.8) is 0 Å². The van der Waals surface area contributed by atoms with Gasteiger partial charge < -0.3 is 0 Å². The predicted octanol–water partition coefficient (Wildman–Crippen LogP) is 4.31. The van der Waals surface area contributed by atoms with E-state index in [2.05, 4.69) is 40.7 Å². The number of benzene rings is 1. The topological polar surface area (TPSA) is 33.6 Å². The summed E-state index contributed by atoms with van der Waals surface area (Å²) < 4.78 is 2.83. The molecule has 0 aliphatic rings. The van der Waals surface area contributed by atoms with E-state index in [1.54, 1.807) is 0 Å². The third-order valence-electron chi connectivity index (χ3n) is 3.06. The third-order valence-corrected chi connectivity index (χ3v) is 4.28. The number of hydrogen-bond acceptors (Lipinski definition) is 3. The van der Waals surface area contributed by atoms with Crippen molar-refractivity contribution in [1.82, 2.24) is 14.8 Å². The minimum atomic E-state index is 0.362. The molecule has 0 bridgehead atoms. The fraction of sp³-hybridized carbons (Fsp3) is 0.429. The van der Waals surface area contributed by atoms with E-state index in [-0.39, 0.29) is 0 Å². The monoisotopic (exact) mass is 293 g/mol. The predicted molar refractivity (Wildman–Crippen MR) is 85.2 cm³/mol. The van der Waals surface area contributed by atoms with Crippen molar-refractivity contribution < 1.29 is 0 Å². The molecule has 19 heavy (non-hydrogen) atoms. The second-order valence-corrected chi connectivity index (χ2v) is 6.20. The molecule has 0 amide bonds. The van der Waals surface area contributed by atoms with E-state index >= 15 is 0 Å². The van der Waals surface area contributed by atoms with Crippen molar-refractivity contribution in [1.29, 1.82) is 0 Å². The molecule has 1 heterocycles. The summed E-state index contributed by atoms with van der Waals surface area (Å²) in [6.45, 7) is 4.39. The maximum absolute atomic E-state index is 5.37. The molecule has 1 N–H and O–H groups in total. The van der Waals surface area contributed by atoms with E-state index in [0.717, 1.165) is 29.3 Å². The quantitative estimate of drug-likeness (QED) is 0.636. The van der Waals surface area contributed by atoms with Gasteiger partial charge in [-0.15, -0.1) is 0 Å². The molecular weight excluding hydrogens is 274 g/mol. The zero-order valence-corrected chi connectivity index (χ0v) is 12.9. The lowest BCUT2D eigenvalue weighted by Crippen LogP contribution is -2.08. The Morgan fingerprint density at radius 2 is 2.11 bits per heavy atom. The Kier molecular flexibility index (Phi) is 5.22. The molecule has 0 radical (unpaired) electrons. The molecule has 0 aliphatic heterocycles. The lowest BCUT2D eigenvalue weighted by molar-refractivity contribution is 0.532. The number of H-pyrrole nitrogens is 1. The summed E-state index contributed by atoms with van der Waals surface area (Å²) in [5, 5.41) is 7.29. The van der Waals surface area contributed by atoms with Crippen molar-refractivity contribution in [2.45, 2.75) is 26.3 Å². The molecule has 3 nitrogen and oxygen atoms in total. The third kappa shape index (κ3) is 3.48. The molecule has 1 unspecified atom stereocenters. The molecule has 0 aliphatic carbocycles. The van der Waals surface area contributed by atoms with E-state index in [1.807, 2.05) is 30.0 Å². The van der Waals surface area contributed by atoms with Crippen LogP contribution in [0.3, 0.4) is 0 Å². The van der Waals surface area contributed by atoms with Gasteiger partial charge in [0.15, 0.2) is 10.6 Å². The number of aromatic amines is 1. The second-order valence-electron chi connectivity index (χ2n) is 4.42. The van der Waals surface area contributed by atoms with Gasteiger partial charge in [-0.25, -0.2) is 0 Å². The average molecular weight is 293 g/mol. The molecule has 1 aromatic carbocycles. The Labute approximate surface area is 123 Å². The van der Waals surface area contributed by atoms with Crippen LogP contribution in [-0.4, -0.2) is 26.3 Å². The highest BCUT2D eigenvalue weighted by Crippen LogP contribution is 2.23. The molecule has 0 saturated heterocycles. The average Bonchev–Trinajstić information content (AvgIpc) is 2.82. The van der Waals surface area contributed by atoms with Crippen LogP contribution in [0.15, 0.2) is 30.3 Å². The number of thioether (sulfide) groups is 1. The van der Waals surface area contributed by atoms with E-state index in [1.165, 1.54) is 0 Å². The Bertz CT molecular complexity index is 560. The van der Waals surface area contributed by atoms with Crippen LogP contribution in [-0.2, 0) is 0 Å². The zero-order chi connectivity index (χ0) is 13.7. The first-order valence-corrected chi connectivity index (χ1v) is 8.10. The molecule has 2 aromatic rings. The Balaban J connectivity index is 2.25. The molecule has 0 spiro atoms. The van der Waals surface area contributed by atoms with Gasteiger partial charge in [0.25, 0.3) is 0 Å². The Morgan fingerprint density at radius 3 is 2.79 bits per heavy atom. The van der Waals surface area contributed by atoms with Gasteiger partial charge in [0.1, 0.15) is 0 Å². The SMILES string of the molecule is CCSCCC(C)n1c(-c2ccccc2)n[nH]c1=S. The number of rotatable bonds is 6. The van der Waals surface area contributed by atoms with Crippen molar-refractivity contribution in [2.24, 2.45) is 0 Å². The highest BCUT2D eigenvalue weighted by molar-refractivity contribution is 7.99. The fourth-order valence-electron chi connectivity index (χ4n) is 2.03. The minimum Gasteiger partial charge on any atom is -0.297 e. The van der Waals surface area contributed by atoms with Gasteiger partial charge in [0.2, 0.25) is 0 Å². The van der Waals surface area contributed by atoms with Gasteiger partial charge in [-0.3, -0.25) is 9.67 Å². The summed E-state index contributed by atoms with van der Waals surface area (Å²) >= 11 is 7.33. The standard InChI is InChI=1S/C14H19N3S2/c1-3-19-10-9-11(2)17-13(15-16-14(17)18)12-7-5-4-6-8-12/h4-8,11H,3,9-10H2,1-2H3,(H,16,18). The van der Waals surface area contributed by atoms with Crippen LogP contribution in [0.25, 0.3) is 11.4 Å². The normalized spacial score (nSPS) is 12.5. The second kappa shape index (κ2) is 6.91. The van der Waals surface area contributed by atoms with Crippen molar-refractivity contribution >= 4 is 24.0 Å². The first-order chi connectivity index (χ1) is 9.24. The number of aromatic nitrogens is 3. The molecule has 1 aromatic heterocycles. The van der Waals surface area contributed by atoms with Crippen molar-refractivity contribution in [3.05, 3.63) is 35.1 Å². The highest BCUT2D eigenvalue weighted by atomic mass is 32.2. The summed E-state index contributed by atoms with van der Waals surface area (Å²) in [6.07, 6.45) is 1.10. The van der Waals surface area contributed by atoms with E-state index in [9.17, 15) is 0 Å². The molecule has 1 atom stereocenters. The van der Waals surface area contributed by atoms with Crippen LogP contribution < -0.4 is 0 Å². The van der Waals surface area contributed by atoms with E-state index in [4.69, 9.17) is 12.2 Å². The van der Waals surface area contributed by atoms with Crippen molar-refractivity contribution in [3.8, 4) is 11.4 Å². The zero-order valence-electron chi connectivity index (χ0n) is 11.3. The van der Waals surface area contributed by atoms with Crippen LogP contribution in [0.4, 0.5) is 0 Å². The molecule has 102 valence electrons. The first-order valence-electron chi connectivity index (χ1n) is 6.54. The molecule has 0 saturated carbocycles. The van der Waals surface area contributed by atoms with Gasteiger partial charge in [0, 0.05) is 11.6 Å². The maximum Gasteiger partial charge on any atom is 0.195 e. The lowest BCUT2D eigenvalue weighted by Gasteiger charge is -2.15. The van der Waals surface area contributed by atoms with Crippen molar-refractivity contribution in [2.75, 3.05) is 11.5 Å². The van der Waals surface area contributed by atoms with Gasteiger partial charge in [-0.2, -0.15) is 16.9 Å². The molecule has 0 fully saturated rings. The Morgan fingerprint density at radius 1 is 1.37 bits per heavy atom. The summed E-state index contributed by atoms with van der Waals surface area (Å²) in [6, 6.07) is 10.5. The Hall–Kier alpha value is -1.07. The van der Waals surface area contributed by atoms with Gasteiger partial charge in [-0.05, 0) is 37.1 Å². The van der Waals surface area contributed by atoms with Crippen LogP contribution in [0.1, 0.15) is 26.3 Å². The smallest absolute Gasteiger partial charge is 0.195 e. The van der Waals surface area contributed by atoms with Gasteiger partial charge >= 0.3 is 0 Å². The molecule has 5 heteroatoms. The summed E-state index contributed by atoms with van der Waals surface area (Å²) in [7, 11) is 0. The van der Waals surface area contributed by atoms with E-state index < -0.39 is 0 Å². The van der Waals surface area contributed by atoms with Gasteiger partial charge in [0.05, 0.1) is 0 Å². The number of hydrogen-bond donors (Lipinski definition) is 1. The molecular formula is C14H19N3S2. The maximum atomic E-state index is 5.37. The number of nitrogens with one attached hydrogen (secondary N) is 1. The first kappa shape index (κ1) is 14.3.